The minimum absolute atomic E-state index is 0.147. The van der Waals surface area contributed by atoms with Gasteiger partial charge in [-0.05, 0) is 62.1 Å². The third kappa shape index (κ3) is 6.38. The first kappa shape index (κ1) is 25.7. The topological polar surface area (TPSA) is 61.3 Å². The molecule has 182 valence electrons. The number of unbranched alkanes of at least 4 members (excludes halogenated alkanes) is 3. The molecule has 0 saturated carbocycles. The van der Waals surface area contributed by atoms with Gasteiger partial charge in [0, 0.05) is 23.0 Å². The van der Waals surface area contributed by atoms with Gasteiger partial charge in [0.2, 0.25) is 5.88 Å². The number of aromatic nitrogens is 2. The van der Waals surface area contributed by atoms with Gasteiger partial charge in [0.25, 0.3) is 0 Å². The van der Waals surface area contributed by atoms with Crippen LogP contribution in [0, 0.1) is 11.8 Å². The fourth-order valence-corrected chi connectivity index (χ4v) is 4.63. The molecule has 2 aromatic rings. The van der Waals surface area contributed by atoms with E-state index in [9.17, 15) is 4.79 Å². The number of carbonyl (C=O) groups is 1. The van der Waals surface area contributed by atoms with Crippen LogP contribution in [0.5, 0.6) is 11.6 Å². The molecule has 5 nitrogen and oxygen atoms in total. The fraction of sp³-hybridized carbons (Fsp3) is 0.552. The smallest absolute Gasteiger partial charge is 0.312 e. The van der Waals surface area contributed by atoms with Gasteiger partial charge in [-0.3, -0.25) is 4.79 Å². The Kier molecular flexibility index (Phi) is 9.51. The van der Waals surface area contributed by atoms with Gasteiger partial charge in [-0.25, -0.2) is 9.97 Å². The summed E-state index contributed by atoms with van der Waals surface area (Å²) in [6, 6.07) is 4.49. The van der Waals surface area contributed by atoms with Crippen molar-refractivity contribution in [2.75, 3.05) is 6.61 Å². The molecule has 1 aromatic carbocycles. The molecule has 0 spiro atoms. The molecule has 0 fully saturated rings. The first-order valence-electron chi connectivity index (χ1n) is 12.9. The van der Waals surface area contributed by atoms with Crippen LogP contribution in [0.15, 0.2) is 24.5 Å². The predicted octanol–water partition coefficient (Wildman–Crippen LogP) is 6.55. The van der Waals surface area contributed by atoms with Crippen LogP contribution in [0.2, 0.25) is 0 Å². The first-order valence-corrected chi connectivity index (χ1v) is 12.9. The maximum atomic E-state index is 11.7. The lowest BCUT2D eigenvalue weighted by Gasteiger charge is -2.38. The summed E-state index contributed by atoms with van der Waals surface area (Å²) in [5, 5.41) is 0. The Balaban J connectivity index is 1.90. The molecule has 0 N–H and O–H groups in total. The first-order chi connectivity index (χ1) is 16.5. The van der Waals surface area contributed by atoms with Gasteiger partial charge in [0.15, 0.2) is 0 Å². The normalized spacial score (nSPS) is 13.9. The van der Waals surface area contributed by atoms with E-state index in [0.717, 1.165) is 56.4 Å². The van der Waals surface area contributed by atoms with Crippen LogP contribution in [0.25, 0.3) is 0 Å². The Morgan fingerprint density at radius 1 is 1.03 bits per heavy atom. The van der Waals surface area contributed by atoms with Gasteiger partial charge in [-0.1, -0.05) is 52.9 Å². The summed E-state index contributed by atoms with van der Waals surface area (Å²) in [4.78, 5) is 20.2. The highest BCUT2D eigenvalue weighted by molar-refractivity contribution is 5.71. The van der Waals surface area contributed by atoms with Crippen LogP contribution < -0.4 is 9.47 Å². The Morgan fingerprint density at radius 3 is 2.53 bits per heavy atom. The van der Waals surface area contributed by atoms with Crippen molar-refractivity contribution in [1.82, 2.24) is 9.97 Å². The van der Waals surface area contributed by atoms with Crippen LogP contribution in [0.4, 0.5) is 0 Å². The highest BCUT2D eigenvalue weighted by Crippen LogP contribution is 2.44. The van der Waals surface area contributed by atoms with Crippen LogP contribution in [-0.4, -0.2) is 22.5 Å². The molecule has 0 atom stereocenters. The number of aryl methyl sites for hydroxylation is 1. The molecule has 0 saturated heterocycles. The lowest BCUT2D eigenvalue weighted by atomic mass is 9.71. The van der Waals surface area contributed by atoms with E-state index >= 15 is 0 Å². The van der Waals surface area contributed by atoms with E-state index in [0.29, 0.717) is 12.1 Å². The zero-order valence-electron chi connectivity index (χ0n) is 21.2. The summed E-state index contributed by atoms with van der Waals surface area (Å²) in [5.41, 5.74) is 4.28. The second-order valence-electron chi connectivity index (χ2n) is 9.12. The fourth-order valence-electron chi connectivity index (χ4n) is 4.63. The number of ether oxygens (including phenoxy) is 2. The van der Waals surface area contributed by atoms with Crippen LogP contribution in [0.3, 0.4) is 0 Å². The average molecular weight is 463 g/mol. The van der Waals surface area contributed by atoms with Crippen molar-refractivity contribution >= 4 is 5.97 Å². The second kappa shape index (κ2) is 12.6. The van der Waals surface area contributed by atoms with E-state index in [-0.39, 0.29) is 17.3 Å². The third-order valence-corrected chi connectivity index (χ3v) is 6.89. The average Bonchev–Trinajstić information content (AvgIpc) is 2.86. The van der Waals surface area contributed by atoms with Gasteiger partial charge in [-0.15, -0.1) is 0 Å². The van der Waals surface area contributed by atoms with Crippen molar-refractivity contribution in [1.29, 1.82) is 0 Å². The molecule has 1 aromatic heterocycles. The molecule has 1 aliphatic rings. The molecule has 2 heterocycles. The quantitative estimate of drug-likeness (QED) is 0.228. The monoisotopic (exact) mass is 462 g/mol. The van der Waals surface area contributed by atoms with Crippen LogP contribution >= 0.6 is 0 Å². The van der Waals surface area contributed by atoms with Crippen LogP contribution in [0.1, 0.15) is 108 Å². The summed E-state index contributed by atoms with van der Waals surface area (Å²) in [6.45, 7) is 9.48. The van der Waals surface area contributed by atoms with Gasteiger partial charge in [0.05, 0.1) is 19.0 Å². The van der Waals surface area contributed by atoms with Crippen molar-refractivity contribution in [3.05, 3.63) is 46.9 Å². The summed E-state index contributed by atoms with van der Waals surface area (Å²) >= 11 is 0. The maximum absolute atomic E-state index is 11.7. The molecule has 1 aliphatic heterocycles. The maximum Gasteiger partial charge on any atom is 0.312 e. The van der Waals surface area contributed by atoms with Crippen molar-refractivity contribution in [3.63, 3.8) is 0 Å². The number of hydrogen-bond donors (Lipinski definition) is 0. The SMILES string of the molecule is CCCCCCc1cc2c(cc1C#Cc1cnc(OC(=O)CCC)cn1)C(CC)(CC)CCO2. The van der Waals surface area contributed by atoms with Crippen molar-refractivity contribution in [2.24, 2.45) is 0 Å². The minimum atomic E-state index is -0.296. The molecule has 0 amide bonds. The zero-order valence-corrected chi connectivity index (χ0v) is 21.2. The van der Waals surface area contributed by atoms with E-state index in [4.69, 9.17) is 9.47 Å². The number of benzene rings is 1. The number of carbonyl (C=O) groups excluding carboxylic acids is 1. The molecule has 5 heteroatoms. The minimum Gasteiger partial charge on any atom is -0.493 e. The number of rotatable bonds is 10. The largest absolute Gasteiger partial charge is 0.493 e. The zero-order chi connectivity index (χ0) is 24.4. The van der Waals surface area contributed by atoms with Crippen LogP contribution in [-0.2, 0) is 16.6 Å². The van der Waals surface area contributed by atoms with Gasteiger partial charge < -0.3 is 9.47 Å². The van der Waals surface area contributed by atoms with E-state index < -0.39 is 0 Å². The summed E-state index contributed by atoms with van der Waals surface area (Å²) in [7, 11) is 0. The molecule has 3 rings (SSSR count). The lowest BCUT2D eigenvalue weighted by Crippen LogP contribution is -2.32. The number of nitrogens with zero attached hydrogens (tertiary/aromatic N) is 2. The molecule has 0 aliphatic carbocycles. The Labute approximate surface area is 204 Å². The molecule has 0 unspecified atom stereocenters. The number of esters is 1. The molecular formula is C29H38N2O3. The summed E-state index contributed by atoms with van der Waals surface area (Å²) in [6.07, 6.45) is 13.2. The molecular weight excluding hydrogens is 424 g/mol. The summed E-state index contributed by atoms with van der Waals surface area (Å²) in [5.74, 6) is 7.49. The van der Waals surface area contributed by atoms with E-state index in [2.05, 4.69) is 54.7 Å². The highest BCUT2D eigenvalue weighted by atomic mass is 16.5. The van der Waals surface area contributed by atoms with E-state index in [1.807, 2.05) is 6.92 Å². The van der Waals surface area contributed by atoms with Crippen molar-refractivity contribution in [3.8, 4) is 23.5 Å². The van der Waals surface area contributed by atoms with Crippen molar-refractivity contribution in [2.45, 2.75) is 97.3 Å². The standard InChI is InChI=1S/C29H38N2O3/c1-5-9-10-11-13-22-19-26-25(29(7-3,8-4)16-17-33-26)18-23(22)14-15-24-20-31-27(21-30-24)34-28(32)12-6-2/h18-21H,5-13,16-17H2,1-4H3. The molecule has 34 heavy (non-hydrogen) atoms. The van der Waals surface area contributed by atoms with Gasteiger partial charge in [-0.2, -0.15) is 0 Å². The van der Waals surface area contributed by atoms with E-state index in [1.54, 1.807) is 6.20 Å². The lowest BCUT2D eigenvalue weighted by molar-refractivity contribution is -0.134. The highest BCUT2D eigenvalue weighted by Gasteiger charge is 2.35. The second-order valence-corrected chi connectivity index (χ2v) is 9.12. The van der Waals surface area contributed by atoms with Crippen molar-refractivity contribution < 1.29 is 14.3 Å². The Hall–Kier alpha value is -2.87. The van der Waals surface area contributed by atoms with E-state index in [1.165, 1.54) is 36.6 Å². The molecule has 0 radical (unpaired) electrons. The number of hydrogen-bond acceptors (Lipinski definition) is 5. The van der Waals surface area contributed by atoms with Gasteiger partial charge >= 0.3 is 5.97 Å². The number of fused-ring (bicyclic) bond motifs is 1. The molecule has 0 bridgehead atoms. The summed E-state index contributed by atoms with van der Waals surface area (Å²) < 4.78 is 11.3. The Bertz CT molecular complexity index is 1010. The predicted molar refractivity (Wildman–Crippen MR) is 135 cm³/mol. The Morgan fingerprint density at radius 2 is 1.85 bits per heavy atom. The van der Waals surface area contributed by atoms with Gasteiger partial charge in [0.1, 0.15) is 11.4 Å². The third-order valence-electron chi connectivity index (χ3n) is 6.89.